The molecule has 1 fully saturated rings. The lowest BCUT2D eigenvalue weighted by atomic mass is 10.2. The fraction of sp³-hybridized carbons (Fsp3) is 0.650. The van der Waals surface area contributed by atoms with Gasteiger partial charge in [0.1, 0.15) is 5.82 Å². The van der Waals surface area contributed by atoms with Crippen molar-refractivity contribution in [1.82, 2.24) is 10.2 Å². The summed E-state index contributed by atoms with van der Waals surface area (Å²) in [6, 6.07) is 6.97. The van der Waals surface area contributed by atoms with E-state index in [0.717, 1.165) is 44.2 Å². The summed E-state index contributed by atoms with van der Waals surface area (Å²) < 4.78 is 13.3. The quantitative estimate of drug-likeness (QED) is 0.785. The molecule has 1 N–H and O–H groups in total. The monoisotopic (exact) mass is 381 g/mol. The maximum absolute atomic E-state index is 13.0. The van der Waals surface area contributed by atoms with Crippen molar-refractivity contribution in [3.8, 4) is 0 Å². The van der Waals surface area contributed by atoms with Crippen molar-refractivity contribution >= 4 is 23.4 Å². The van der Waals surface area contributed by atoms with Gasteiger partial charge in [-0.2, -0.15) is 11.8 Å². The third kappa shape index (κ3) is 7.16. The first-order valence-corrected chi connectivity index (χ1v) is 10.4. The molecule has 146 valence electrons. The Kier molecular flexibility index (Phi) is 7.77. The largest absolute Gasteiger partial charge is 0.368 e. The van der Waals surface area contributed by atoms with Crippen LogP contribution in [0.2, 0.25) is 0 Å². The summed E-state index contributed by atoms with van der Waals surface area (Å²) in [7, 11) is 0. The van der Waals surface area contributed by atoms with Gasteiger partial charge in [-0.05, 0) is 31.2 Å². The van der Waals surface area contributed by atoms with Gasteiger partial charge in [-0.3, -0.25) is 4.79 Å². The van der Waals surface area contributed by atoms with Gasteiger partial charge in [0, 0.05) is 61.4 Å². The molecule has 26 heavy (non-hydrogen) atoms. The maximum Gasteiger partial charge on any atom is 0.223 e. The van der Waals surface area contributed by atoms with Crippen LogP contribution < -0.4 is 10.2 Å². The fourth-order valence-electron chi connectivity index (χ4n) is 2.88. The van der Waals surface area contributed by atoms with Gasteiger partial charge in [-0.1, -0.05) is 20.8 Å². The third-order valence-corrected chi connectivity index (χ3v) is 5.95. The van der Waals surface area contributed by atoms with E-state index in [2.05, 4.69) is 37.9 Å². The number of halogens is 1. The molecule has 1 aromatic rings. The zero-order valence-corrected chi connectivity index (χ0v) is 17.2. The van der Waals surface area contributed by atoms with Crippen LogP contribution in [0.4, 0.5) is 10.1 Å². The number of nitrogens with one attached hydrogen (secondary N) is 1. The Hall–Kier alpha value is -1.27. The number of amides is 1. The van der Waals surface area contributed by atoms with Crippen molar-refractivity contribution < 1.29 is 9.18 Å². The van der Waals surface area contributed by atoms with Crippen LogP contribution >= 0.6 is 11.8 Å². The standard InChI is InChI=1S/C20H32FN3OS/c1-16(15-26-20(2,3)4)22-10-9-19(25)24-13-11-23(12-14-24)18-7-5-17(21)6-8-18/h5-8,16,22H,9-15H2,1-4H3/t16-/m0/s1. The van der Waals surface area contributed by atoms with Crippen LogP contribution in [-0.2, 0) is 4.79 Å². The lowest BCUT2D eigenvalue weighted by Gasteiger charge is -2.36. The van der Waals surface area contributed by atoms with Gasteiger partial charge in [0.25, 0.3) is 0 Å². The first-order valence-electron chi connectivity index (χ1n) is 9.40. The average molecular weight is 382 g/mol. The van der Waals surface area contributed by atoms with E-state index >= 15 is 0 Å². The number of rotatable bonds is 7. The molecule has 4 nitrogen and oxygen atoms in total. The number of thioether (sulfide) groups is 1. The fourth-order valence-corrected chi connectivity index (χ4v) is 3.75. The van der Waals surface area contributed by atoms with Crippen molar-refractivity contribution in [1.29, 1.82) is 0 Å². The zero-order chi connectivity index (χ0) is 19.2. The van der Waals surface area contributed by atoms with Gasteiger partial charge in [0.05, 0.1) is 0 Å². The van der Waals surface area contributed by atoms with Crippen LogP contribution in [0.3, 0.4) is 0 Å². The minimum Gasteiger partial charge on any atom is -0.368 e. The molecule has 2 rings (SSSR count). The smallest absolute Gasteiger partial charge is 0.223 e. The Labute approximate surface area is 161 Å². The Morgan fingerprint density at radius 1 is 1.19 bits per heavy atom. The highest BCUT2D eigenvalue weighted by molar-refractivity contribution is 8.00. The molecule has 1 heterocycles. The van der Waals surface area contributed by atoms with Crippen LogP contribution in [0.25, 0.3) is 0 Å². The highest BCUT2D eigenvalue weighted by atomic mass is 32.2. The van der Waals surface area contributed by atoms with E-state index < -0.39 is 0 Å². The van der Waals surface area contributed by atoms with Gasteiger partial charge in [0.2, 0.25) is 5.91 Å². The first-order chi connectivity index (χ1) is 12.2. The summed E-state index contributed by atoms with van der Waals surface area (Å²) in [5.74, 6) is 1.05. The molecule has 1 atom stereocenters. The van der Waals surface area contributed by atoms with E-state index in [1.165, 1.54) is 12.1 Å². The summed E-state index contributed by atoms with van der Waals surface area (Å²) in [5, 5.41) is 3.45. The van der Waals surface area contributed by atoms with E-state index in [9.17, 15) is 9.18 Å². The predicted octanol–water partition coefficient (Wildman–Crippen LogP) is 3.37. The number of nitrogens with zero attached hydrogens (tertiary/aromatic N) is 2. The van der Waals surface area contributed by atoms with Crippen LogP contribution in [-0.4, -0.2) is 60.1 Å². The molecule has 0 spiro atoms. The molecular formula is C20H32FN3OS. The molecule has 1 saturated heterocycles. The molecule has 0 aromatic heterocycles. The Morgan fingerprint density at radius 3 is 2.38 bits per heavy atom. The Balaban J connectivity index is 1.66. The molecule has 1 aliphatic rings. The first kappa shape index (κ1) is 21.0. The molecule has 0 saturated carbocycles. The lowest BCUT2D eigenvalue weighted by molar-refractivity contribution is -0.131. The van der Waals surface area contributed by atoms with Gasteiger partial charge >= 0.3 is 0 Å². The van der Waals surface area contributed by atoms with Crippen LogP contribution in [0, 0.1) is 5.82 Å². The number of carbonyl (C=O) groups excluding carboxylic acids is 1. The Morgan fingerprint density at radius 2 is 1.81 bits per heavy atom. The second-order valence-corrected chi connectivity index (χ2v) is 9.72. The number of anilines is 1. The topological polar surface area (TPSA) is 35.6 Å². The van der Waals surface area contributed by atoms with E-state index in [1.54, 1.807) is 12.1 Å². The van der Waals surface area contributed by atoms with E-state index in [4.69, 9.17) is 0 Å². The van der Waals surface area contributed by atoms with Gasteiger partial charge < -0.3 is 15.1 Å². The molecule has 0 bridgehead atoms. The summed E-state index contributed by atoms with van der Waals surface area (Å²) in [6.07, 6.45) is 0.543. The van der Waals surface area contributed by atoms with Gasteiger partial charge in [-0.25, -0.2) is 4.39 Å². The van der Waals surface area contributed by atoms with Crippen LogP contribution in [0.1, 0.15) is 34.1 Å². The van der Waals surface area contributed by atoms with E-state index in [1.807, 2.05) is 16.7 Å². The van der Waals surface area contributed by atoms with Crippen molar-refractivity contribution in [2.75, 3.05) is 43.4 Å². The minimum atomic E-state index is -0.217. The highest BCUT2D eigenvalue weighted by Gasteiger charge is 2.21. The number of piperazine rings is 1. The molecule has 6 heteroatoms. The molecule has 0 radical (unpaired) electrons. The van der Waals surface area contributed by atoms with Crippen molar-refractivity contribution in [2.45, 2.75) is 44.9 Å². The number of hydrogen-bond acceptors (Lipinski definition) is 4. The average Bonchev–Trinajstić information content (AvgIpc) is 2.60. The highest BCUT2D eigenvalue weighted by Crippen LogP contribution is 2.23. The van der Waals surface area contributed by atoms with Gasteiger partial charge in [-0.15, -0.1) is 0 Å². The molecule has 0 aliphatic carbocycles. The lowest BCUT2D eigenvalue weighted by Crippen LogP contribution is -2.49. The molecular weight excluding hydrogens is 349 g/mol. The predicted molar refractivity (Wildman–Crippen MR) is 109 cm³/mol. The minimum absolute atomic E-state index is 0.215. The third-order valence-electron chi connectivity index (χ3n) is 4.42. The van der Waals surface area contributed by atoms with Crippen LogP contribution in [0.15, 0.2) is 24.3 Å². The maximum atomic E-state index is 13.0. The normalized spacial score (nSPS) is 16.7. The summed E-state index contributed by atoms with van der Waals surface area (Å²) >= 11 is 1.94. The van der Waals surface area contributed by atoms with E-state index in [-0.39, 0.29) is 16.5 Å². The molecule has 0 unspecified atom stereocenters. The summed E-state index contributed by atoms with van der Waals surface area (Å²) in [6.45, 7) is 12.6. The van der Waals surface area contributed by atoms with Crippen molar-refractivity contribution in [2.24, 2.45) is 0 Å². The second-order valence-electron chi connectivity index (χ2n) is 7.87. The van der Waals surface area contributed by atoms with E-state index in [0.29, 0.717) is 12.5 Å². The Bertz CT molecular complexity index is 565. The summed E-state index contributed by atoms with van der Waals surface area (Å²) in [4.78, 5) is 16.5. The second kappa shape index (κ2) is 9.60. The van der Waals surface area contributed by atoms with Gasteiger partial charge in [0.15, 0.2) is 0 Å². The number of benzene rings is 1. The summed E-state index contributed by atoms with van der Waals surface area (Å²) in [5.41, 5.74) is 1.02. The van der Waals surface area contributed by atoms with Crippen molar-refractivity contribution in [3.63, 3.8) is 0 Å². The SMILES string of the molecule is C[C@@H](CSC(C)(C)C)NCCC(=O)N1CCN(c2ccc(F)cc2)CC1. The van der Waals surface area contributed by atoms with Crippen molar-refractivity contribution in [3.05, 3.63) is 30.1 Å². The molecule has 1 aliphatic heterocycles. The van der Waals surface area contributed by atoms with Crippen LogP contribution in [0.5, 0.6) is 0 Å². The molecule has 1 aromatic carbocycles. The molecule has 1 amide bonds. The number of carbonyl (C=O) groups is 1. The zero-order valence-electron chi connectivity index (χ0n) is 16.4. The number of hydrogen-bond donors (Lipinski definition) is 1.